The largest absolute Gasteiger partial charge is 0.395 e. The highest BCUT2D eigenvalue weighted by molar-refractivity contribution is 5.68. The molecule has 1 aromatic heterocycles. The van der Waals surface area contributed by atoms with Crippen molar-refractivity contribution in [1.82, 2.24) is 4.98 Å². The first-order valence-electron chi connectivity index (χ1n) is 5.87. The second kappa shape index (κ2) is 5.35. The topological polar surface area (TPSA) is 74.7 Å². The third-order valence-electron chi connectivity index (χ3n) is 2.98. The molecule has 0 aliphatic heterocycles. The molecule has 0 aromatic carbocycles. The van der Waals surface area contributed by atoms with E-state index in [0.717, 1.165) is 13.0 Å². The summed E-state index contributed by atoms with van der Waals surface area (Å²) in [7, 11) is 0. The van der Waals surface area contributed by atoms with Crippen molar-refractivity contribution in [3.05, 3.63) is 29.5 Å². The second-order valence-corrected chi connectivity index (χ2v) is 4.16. The second-order valence-electron chi connectivity index (χ2n) is 4.16. The van der Waals surface area contributed by atoms with E-state index in [2.05, 4.69) is 22.4 Å². The van der Waals surface area contributed by atoms with E-state index in [-0.39, 0.29) is 0 Å². The average molecular weight is 228 g/mol. The molecule has 0 fully saturated rings. The molecule has 1 aliphatic carbocycles. The number of nitrogens with one attached hydrogen (secondary N) is 1. The van der Waals surface area contributed by atoms with Crippen molar-refractivity contribution in [1.29, 1.82) is 5.26 Å². The summed E-state index contributed by atoms with van der Waals surface area (Å²) in [5.74, 6) is 0.614. The van der Waals surface area contributed by atoms with Crippen molar-refractivity contribution in [3.8, 4) is 6.07 Å². The number of pyridine rings is 1. The molecule has 0 amide bonds. The first-order valence-corrected chi connectivity index (χ1v) is 5.87. The smallest absolute Gasteiger partial charge is 0.150 e. The number of nitriles is 1. The lowest BCUT2D eigenvalue weighted by Crippen LogP contribution is -2.07. The standard InChI is InChI=1S/C13H16N4/c14-9-11-6-8-17-13(12(11)15)16-7-5-10-3-1-2-4-10/h3,6,8H,1-2,4-5,7,15H2,(H,16,17). The van der Waals surface area contributed by atoms with Crippen LogP contribution in [-0.4, -0.2) is 11.5 Å². The van der Waals surface area contributed by atoms with Crippen LogP contribution in [0, 0.1) is 11.3 Å². The molecule has 3 N–H and O–H groups in total. The van der Waals surface area contributed by atoms with Gasteiger partial charge in [-0.25, -0.2) is 4.98 Å². The van der Waals surface area contributed by atoms with E-state index >= 15 is 0 Å². The van der Waals surface area contributed by atoms with E-state index in [9.17, 15) is 0 Å². The van der Waals surface area contributed by atoms with Crippen LogP contribution in [0.5, 0.6) is 0 Å². The Morgan fingerprint density at radius 1 is 1.53 bits per heavy atom. The predicted molar refractivity (Wildman–Crippen MR) is 68.4 cm³/mol. The first kappa shape index (κ1) is 11.5. The number of anilines is 2. The van der Waals surface area contributed by atoms with E-state index in [0.29, 0.717) is 17.1 Å². The molecule has 0 spiro atoms. The van der Waals surface area contributed by atoms with Gasteiger partial charge in [0.25, 0.3) is 0 Å². The fourth-order valence-electron chi connectivity index (χ4n) is 2.02. The molecule has 88 valence electrons. The van der Waals surface area contributed by atoms with E-state index in [4.69, 9.17) is 11.0 Å². The van der Waals surface area contributed by atoms with E-state index in [1.807, 2.05) is 0 Å². The molecule has 0 radical (unpaired) electrons. The van der Waals surface area contributed by atoms with Gasteiger partial charge < -0.3 is 11.1 Å². The summed E-state index contributed by atoms with van der Waals surface area (Å²) in [4.78, 5) is 4.14. The maximum absolute atomic E-state index is 8.85. The fourth-order valence-corrected chi connectivity index (χ4v) is 2.02. The average Bonchev–Trinajstić information content (AvgIpc) is 2.84. The van der Waals surface area contributed by atoms with Crippen molar-refractivity contribution in [2.24, 2.45) is 0 Å². The zero-order chi connectivity index (χ0) is 12.1. The normalized spacial score (nSPS) is 14.2. The Labute approximate surface area is 101 Å². The Kier molecular flexibility index (Phi) is 3.61. The van der Waals surface area contributed by atoms with Crippen LogP contribution in [0.25, 0.3) is 0 Å². The lowest BCUT2D eigenvalue weighted by Gasteiger charge is -2.09. The predicted octanol–water partition coefficient (Wildman–Crippen LogP) is 2.45. The number of allylic oxidation sites excluding steroid dienone is 1. The van der Waals surface area contributed by atoms with Gasteiger partial charge >= 0.3 is 0 Å². The minimum absolute atomic E-state index is 0.440. The number of rotatable bonds is 4. The van der Waals surface area contributed by atoms with Gasteiger partial charge in [0.15, 0.2) is 5.82 Å². The quantitative estimate of drug-likeness (QED) is 0.776. The third-order valence-corrected chi connectivity index (χ3v) is 2.98. The van der Waals surface area contributed by atoms with Gasteiger partial charge in [-0.2, -0.15) is 5.26 Å². The molecule has 0 bridgehead atoms. The number of hydrogen-bond acceptors (Lipinski definition) is 4. The maximum atomic E-state index is 8.85. The van der Waals surface area contributed by atoms with Crippen LogP contribution < -0.4 is 11.1 Å². The van der Waals surface area contributed by atoms with Crippen LogP contribution in [0.3, 0.4) is 0 Å². The van der Waals surface area contributed by atoms with Crippen LogP contribution in [0.15, 0.2) is 23.9 Å². The molecular weight excluding hydrogens is 212 g/mol. The van der Waals surface area contributed by atoms with Crippen LogP contribution in [0.4, 0.5) is 11.5 Å². The molecule has 1 heterocycles. The Hall–Kier alpha value is -2.02. The highest BCUT2D eigenvalue weighted by atomic mass is 15.0. The molecule has 1 aromatic rings. The highest BCUT2D eigenvalue weighted by Crippen LogP contribution is 2.22. The molecule has 0 saturated carbocycles. The number of aromatic nitrogens is 1. The van der Waals surface area contributed by atoms with Gasteiger partial charge in [0.1, 0.15) is 6.07 Å². The minimum Gasteiger partial charge on any atom is -0.395 e. The van der Waals surface area contributed by atoms with E-state index in [1.165, 1.54) is 24.8 Å². The SMILES string of the molecule is N#Cc1ccnc(NCCC2=CCCC2)c1N. The van der Waals surface area contributed by atoms with Gasteiger partial charge in [-0.1, -0.05) is 11.6 Å². The van der Waals surface area contributed by atoms with Crippen molar-refractivity contribution in [2.45, 2.75) is 25.7 Å². The van der Waals surface area contributed by atoms with Gasteiger partial charge in [0.2, 0.25) is 0 Å². The zero-order valence-electron chi connectivity index (χ0n) is 9.74. The number of nitrogens with zero attached hydrogens (tertiary/aromatic N) is 2. The van der Waals surface area contributed by atoms with Crippen LogP contribution in [0.2, 0.25) is 0 Å². The summed E-state index contributed by atoms with van der Waals surface area (Å²) in [5.41, 5.74) is 8.25. The van der Waals surface area contributed by atoms with Crippen LogP contribution in [-0.2, 0) is 0 Å². The maximum Gasteiger partial charge on any atom is 0.150 e. The van der Waals surface area contributed by atoms with Gasteiger partial charge in [-0.3, -0.25) is 0 Å². The van der Waals surface area contributed by atoms with E-state index in [1.54, 1.807) is 12.3 Å². The lowest BCUT2D eigenvalue weighted by atomic mass is 10.1. The summed E-state index contributed by atoms with van der Waals surface area (Å²) in [6.07, 6.45) is 8.64. The number of nitrogen functional groups attached to an aromatic ring is 1. The Morgan fingerprint density at radius 3 is 3.12 bits per heavy atom. The van der Waals surface area contributed by atoms with Gasteiger partial charge in [-0.15, -0.1) is 0 Å². The number of nitrogens with two attached hydrogens (primary N) is 1. The first-order chi connectivity index (χ1) is 8.31. The molecule has 0 saturated heterocycles. The molecule has 0 atom stereocenters. The van der Waals surface area contributed by atoms with Gasteiger partial charge in [-0.05, 0) is 31.7 Å². The lowest BCUT2D eigenvalue weighted by molar-refractivity contribution is 0.862. The van der Waals surface area contributed by atoms with Gasteiger partial charge in [0, 0.05) is 12.7 Å². The van der Waals surface area contributed by atoms with Gasteiger partial charge in [0.05, 0.1) is 11.3 Å². The highest BCUT2D eigenvalue weighted by Gasteiger charge is 2.07. The van der Waals surface area contributed by atoms with Crippen molar-refractivity contribution in [2.75, 3.05) is 17.6 Å². The molecule has 1 aliphatic rings. The molecule has 2 rings (SSSR count). The Balaban J connectivity index is 1.93. The summed E-state index contributed by atoms with van der Waals surface area (Å²) < 4.78 is 0. The van der Waals surface area contributed by atoms with E-state index < -0.39 is 0 Å². The van der Waals surface area contributed by atoms with Crippen molar-refractivity contribution >= 4 is 11.5 Å². The summed E-state index contributed by atoms with van der Waals surface area (Å²) >= 11 is 0. The third kappa shape index (κ3) is 2.76. The molecule has 4 nitrogen and oxygen atoms in total. The molecular formula is C13H16N4. The van der Waals surface area contributed by atoms with Crippen LogP contribution in [0.1, 0.15) is 31.2 Å². The Morgan fingerprint density at radius 2 is 2.41 bits per heavy atom. The minimum atomic E-state index is 0.440. The molecule has 17 heavy (non-hydrogen) atoms. The monoisotopic (exact) mass is 228 g/mol. The van der Waals surface area contributed by atoms with Crippen molar-refractivity contribution in [3.63, 3.8) is 0 Å². The Bertz CT molecular complexity index is 471. The summed E-state index contributed by atoms with van der Waals surface area (Å²) in [6.45, 7) is 0.817. The van der Waals surface area contributed by atoms with Crippen molar-refractivity contribution < 1.29 is 0 Å². The van der Waals surface area contributed by atoms with Crippen LogP contribution >= 0.6 is 0 Å². The summed E-state index contributed by atoms with van der Waals surface area (Å²) in [6, 6.07) is 3.68. The summed E-state index contributed by atoms with van der Waals surface area (Å²) in [5, 5.41) is 12.0. The fraction of sp³-hybridized carbons (Fsp3) is 0.385. The molecule has 4 heteroatoms. The molecule has 0 unspecified atom stereocenters. The zero-order valence-corrected chi connectivity index (χ0v) is 9.74. The number of hydrogen-bond donors (Lipinski definition) is 2.